The van der Waals surface area contributed by atoms with Crippen molar-refractivity contribution < 1.29 is 17.5 Å². The Bertz CT molecular complexity index is 680. The lowest BCUT2D eigenvalue weighted by molar-refractivity contribution is 0.483. The van der Waals surface area contributed by atoms with Crippen molar-refractivity contribution in [1.29, 1.82) is 0 Å². The third-order valence-corrected chi connectivity index (χ3v) is 5.32. The Morgan fingerprint density at radius 1 is 0.889 bits per heavy atom. The van der Waals surface area contributed by atoms with Crippen LogP contribution >= 0.6 is 7.80 Å². The fourth-order valence-electron chi connectivity index (χ4n) is 1.62. The van der Waals surface area contributed by atoms with Crippen LogP contribution < -0.4 is 10.6 Å². The first-order valence-electron chi connectivity index (χ1n) is 5.16. The molecule has 2 rings (SSSR count). The zero-order valence-electron chi connectivity index (χ0n) is 9.28. The van der Waals surface area contributed by atoms with E-state index in [1.165, 1.54) is 18.2 Å². The lowest BCUT2D eigenvalue weighted by atomic mass is 10.4. The molecule has 0 aromatic heterocycles. The van der Waals surface area contributed by atoms with Crippen molar-refractivity contribution in [2.45, 2.75) is 4.90 Å². The van der Waals surface area contributed by atoms with Gasteiger partial charge in [-0.3, -0.25) is 4.55 Å². The third-order valence-electron chi connectivity index (χ3n) is 2.45. The highest BCUT2D eigenvalue weighted by molar-refractivity contribution is 7.86. The van der Waals surface area contributed by atoms with Gasteiger partial charge >= 0.3 is 0 Å². The molecule has 0 saturated heterocycles. The zero-order chi connectivity index (χ0) is 13.2. The van der Waals surface area contributed by atoms with E-state index in [0.29, 0.717) is 5.30 Å². The van der Waals surface area contributed by atoms with Crippen molar-refractivity contribution >= 4 is 28.5 Å². The normalized spacial score (nSPS) is 13.2. The molecule has 94 valence electrons. The molecule has 0 fully saturated rings. The molecule has 1 N–H and O–H groups in total. The lowest BCUT2D eigenvalue weighted by Gasteiger charge is -2.07. The van der Waals surface area contributed by atoms with Gasteiger partial charge in [-0.05, 0) is 6.07 Å². The molecule has 0 spiro atoms. The van der Waals surface area contributed by atoms with Gasteiger partial charge in [-0.2, -0.15) is 8.42 Å². The van der Waals surface area contributed by atoms with Crippen LogP contribution in [0.3, 0.4) is 0 Å². The Morgan fingerprint density at radius 2 is 1.44 bits per heavy atom. The maximum atomic E-state index is 12.3. The summed E-state index contributed by atoms with van der Waals surface area (Å²) in [5.74, 6) is 0. The van der Waals surface area contributed by atoms with Gasteiger partial charge in [0.05, 0.1) is 0 Å². The van der Waals surface area contributed by atoms with Crippen molar-refractivity contribution in [3.05, 3.63) is 54.6 Å². The molecule has 0 aliphatic rings. The van der Waals surface area contributed by atoms with Crippen LogP contribution in [-0.4, -0.2) is 13.0 Å². The third kappa shape index (κ3) is 2.70. The second-order valence-corrected chi connectivity index (χ2v) is 6.83. The van der Waals surface area contributed by atoms with Crippen LogP contribution in [0.25, 0.3) is 0 Å². The van der Waals surface area contributed by atoms with E-state index < -0.39 is 17.9 Å². The van der Waals surface area contributed by atoms with Gasteiger partial charge in [0.1, 0.15) is 12.7 Å². The van der Waals surface area contributed by atoms with Crippen molar-refractivity contribution in [3.8, 4) is 0 Å². The molecule has 0 saturated carbocycles. The number of hydrogen-bond acceptors (Lipinski definition) is 3. The van der Waals surface area contributed by atoms with Gasteiger partial charge in [0.25, 0.3) is 10.1 Å². The Kier molecular flexibility index (Phi) is 3.66. The second-order valence-electron chi connectivity index (χ2n) is 3.67. The quantitative estimate of drug-likeness (QED) is 0.683. The van der Waals surface area contributed by atoms with Gasteiger partial charge in [0.15, 0.2) is 0 Å². The van der Waals surface area contributed by atoms with Crippen LogP contribution in [0.4, 0.5) is 0 Å². The minimum atomic E-state index is -4.36. The summed E-state index contributed by atoms with van der Waals surface area (Å²) in [6.45, 7) is 0. The minimum absolute atomic E-state index is 0.149. The first-order valence-corrected chi connectivity index (χ1v) is 8.01. The zero-order valence-corrected chi connectivity index (χ0v) is 11.1. The summed E-state index contributed by atoms with van der Waals surface area (Å²) in [4.78, 5) is -0.294. The van der Waals surface area contributed by atoms with Crippen LogP contribution in [0.2, 0.25) is 0 Å². The van der Waals surface area contributed by atoms with Gasteiger partial charge < -0.3 is 4.57 Å². The molecular weight excluding hydrogens is 271 g/mol. The van der Waals surface area contributed by atoms with E-state index >= 15 is 0 Å². The summed E-state index contributed by atoms with van der Waals surface area (Å²) in [7, 11) is -6.81. The van der Waals surface area contributed by atoms with Crippen molar-refractivity contribution in [1.82, 2.24) is 0 Å². The number of hydrogen-bond donors (Lipinski definition) is 1. The second kappa shape index (κ2) is 5.06. The average molecular weight is 282 g/mol. The number of benzene rings is 2. The minimum Gasteiger partial charge on any atom is -0.317 e. The van der Waals surface area contributed by atoms with E-state index in [1.807, 2.05) is 0 Å². The molecule has 18 heavy (non-hydrogen) atoms. The molecule has 2 aromatic carbocycles. The fourth-order valence-corrected chi connectivity index (χ4v) is 4.25. The highest BCUT2D eigenvalue weighted by Crippen LogP contribution is 2.23. The lowest BCUT2D eigenvalue weighted by Crippen LogP contribution is -2.15. The summed E-state index contributed by atoms with van der Waals surface area (Å²) in [6.07, 6.45) is 0. The molecule has 2 aromatic rings. The molecular formula is C12H11O4PS. The van der Waals surface area contributed by atoms with Gasteiger partial charge in [-0.1, -0.05) is 48.5 Å². The smallest absolute Gasteiger partial charge is 0.295 e. The Morgan fingerprint density at radius 3 is 2.06 bits per heavy atom. The maximum Gasteiger partial charge on any atom is 0.295 e. The van der Waals surface area contributed by atoms with Gasteiger partial charge in [0, 0.05) is 10.6 Å². The summed E-state index contributed by atoms with van der Waals surface area (Å²) < 4.78 is 43.9. The first kappa shape index (κ1) is 13.0. The Labute approximate surface area is 106 Å². The van der Waals surface area contributed by atoms with Crippen LogP contribution in [0.15, 0.2) is 59.5 Å². The molecule has 0 aliphatic carbocycles. The van der Waals surface area contributed by atoms with E-state index in [1.54, 1.807) is 36.4 Å². The van der Waals surface area contributed by atoms with Crippen molar-refractivity contribution in [2.75, 3.05) is 0 Å². The van der Waals surface area contributed by atoms with E-state index in [-0.39, 0.29) is 10.2 Å². The highest BCUT2D eigenvalue weighted by Gasteiger charge is 2.19. The largest absolute Gasteiger partial charge is 0.317 e. The number of rotatable bonds is 3. The van der Waals surface area contributed by atoms with E-state index in [9.17, 15) is 13.0 Å². The standard InChI is InChI=1S/C12H11O4PS/c13-17(10-6-2-1-3-7-10)11-8-4-5-9-12(11)18(14,15)16/h1-9,17H,(H,14,15,16). The van der Waals surface area contributed by atoms with E-state index in [2.05, 4.69) is 0 Å². The topological polar surface area (TPSA) is 71.4 Å². The van der Waals surface area contributed by atoms with E-state index in [4.69, 9.17) is 4.55 Å². The summed E-state index contributed by atoms with van der Waals surface area (Å²) >= 11 is 0. The van der Waals surface area contributed by atoms with Crippen molar-refractivity contribution in [3.63, 3.8) is 0 Å². The van der Waals surface area contributed by atoms with Gasteiger partial charge in [-0.15, -0.1) is 0 Å². The molecule has 0 amide bonds. The summed E-state index contributed by atoms with van der Waals surface area (Å²) in [5, 5.41) is 0.704. The molecule has 1 atom stereocenters. The highest BCUT2D eigenvalue weighted by atomic mass is 32.2. The molecule has 0 bridgehead atoms. The Balaban J connectivity index is 2.57. The molecule has 0 heterocycles. The fraction of sp³-hybridized carbons (Fsp3) is 0. The maximum absolute atomic E-state index is 12.3. The first-order chi connectivity index (χ1) is 8.50. The van der Waals surface area contributed by atoms with Gasteiger partial charge in [0.2, 0.25) is 0 Å². The molecule has 0 radical (unpaired) electrons. The molecule has 4 nitrogen and oxygen atoms in total. The van der Waals surface area contributed by atoms with Crippen LogP contribution in [0.1, 0.15) is 0 Å². The van der Waals surface area contributed by atoms with Crippen molar-refractivity contribution in [2.24, 2.45) is 0 Å². The average Bonchev–Trinajstić information content (AvgIpc) is 2.38. The van der Waals surface area contributed by atoms with E-state index in [0.717, 1.165) is 0 Å². The molecule has 0 aliphatic heterocycles. The van der Waals surface area contributed by atoms with Crippen LogP contribution in [-0.2, 0) is 14.7 Å². The summed E-state index contributed by atoms with van der Waals surface area (Å²) in [6, 6.07) is 14.4. The summed E-state index contributed by atoms with van der Waals surface area (Å²) in [5.41, 5.74) is 0. The molecule has 1 unspecified atom stereocenters. The van der Waals surface area contributed by atoms with Crippen LogP contribution in [0, 0.1) is 0 Å². The van der Waals surface area contributed by atoms with Crippen LogP contribution in [0.5, 0.6) is 0 Å². The Hall–Kier alpha value is -1.42. The van der Waals surface area contributed by atoms with Gasteiger partial charge in [-0.25, -0.2) is 0 Å². The monoisotopic (exact) mass is 282 g/mol. The molecule has 6 heteroatoms. The predicted octanol–water partition coefficient (Wildman–Crippen LogP) is 1.44. The predicted molar refractivity (Wildman–Crippen MR) is 71.0 cm³/mol. The SMILES string of the molecule is O=[PH](c1ccccc1)c1ccccc1S(=O)(=O)O.